The number of halogens is 1. The number of benzene rings is 1. The van der Waals surface area contributed by atoms with Gasteiger partial charge in [-0.25, -0.2) is 14.4 Å². The first-order valence-corrected chi connectivity index (χ1v) is 8.45. The molecule has 1 aromatic heterocycles. The van der Waals surface area contributed by atoms with Crippen LogP contribution in [0.2, 0.25) is 0 Å². The van der Waals surface area contributed by atoms with Gasteiger partial charge < -0.3 is 9.64 Å². The van der Waals surface area contributed by atoms with E-state index >= 15 is 0 Å². The Morgan fingerprint density at radius 1 is 1.24 bits per heavy atom. The monoisotopic (exact) mass is 343 g/mol. The van der Waals surface area contributed by atoms with E-state index in [0.29, 0.717) is 18.0 Å². The Balaban J connectivity index is 1.65. The third-order valence-corrected chi connectivity index (χ3v) is 4.48. The molecule has 5 nitrogen and oxygen atoms in total. The smallest absolute Gasteiger partial charge is 0.166 e. The minimum Gasteiger partial charge on any atom is -0.377 e. The van der Waals surface area contributed by atoms with E-state index in [1.807, 2.05) is 13.0 Å². The first-order valence-electron chi connectivity index (χ1n) is 8.45. The summed E-state index contributed by atoms with van der Waals surface area (Å²) in [6.07, 6.45) is 1.53. The van der Waals surface area contributed by atoms with Gasteiger partial charge in [-0.2, -0.15) is 0 Å². The van der Waals surface area contributed by atoms with Crippen molar-refractivity contribution in [3.8, 4) is 0 Å². The second kappa shape index (κ2) is 7.70. The molecule has 2 heterocycles. The lowest BCUT2D eigenvalue weighted by atomic mass is 9.89. The van der Waals surface area contributed by atoms with E-state index < -0.39 is 0 Å². The minimum absolute atomic E-state index is 0.0249. The van der Waals surface area contributed by atoms with E-state index in [9.17, 15) is 9.18 Å². The van der Waals surface area contributed by atoms with Gasteiger partial charge in [-0.1, -0.05) is 0 Å². The fourth-order valence-electron chi connectivity index (χ4n) is 3.19. The molecule has 0 bridgehead atoms. The third kappa shape index (κ3) is 4.20. The van der Waals surface area contributed by atoms with Gasteiger partial charge in [0, 0.05) is 43.4 Å². The van der Waals surface area contributed by atoms with E-state index in [1.54, 1.807) is 19.2 Å². The highest BCUT2D eigenvalue weighted by Gasteiger charge is 2.26. The summed E-state index contributed by atoms with van der Waals surface area (Å²) >= 11 is 0. The Morgan fingerprint density at radius 2 is 1.92 bits per heavy atom. The van der Waals surface area contributed by atoms with Crippen molar-refractivity contribution in [2.45, 2.75) is 26.4 Å². The van der Waals surface area contributed by atoms with Crippen LogP contribution in [0.15, 0.2) is 30.3 Å². The molecule has 1 saturated heterocycles. The summed E-state index contributed by atoms with van der Waals surface area (Å²) in [5.41, 5.74) is 1.49. The van der Waals surface area contributed by atoms with Gasteiger partial charge in [-0.15, -0.1) is 0 Å². The molecule has 6 heteroatoms. The molecular formula is C19H22FN3O2. The maximum atomic E-state index is 13.0. The highest BCUT2D eigenvalue weighted by Crippen LogP contribution is 2.25. The summed E-state index contributed by atoms with van der Waals surface area (Å²) in [4.78, 5) is 23.7. The van der Waals surface area contributed by atoms with Crippen LogP contribution in [0.1, 0.15) is 34.7 Å². The molecular weight excluding hydrogens is 321 g/mol. The van der Waals surface area contributed by atoms with Crippen LogP contribution in [-0.4, -0.2) is 36.0 Å². The number of nitrogens with zero attached hydrogens (tertiary/aromatic N) is 3. The van der Waals surface area contributed by atoms with Crippen LogP contribution in [0, 0.1) is 18.7 Å². The Bertz CT molecular complexity index is 741. The molecule has 25 heavy (non-hydrogen) atoms. The topological polar surface area (TPSA) is 55.3 Å². The Hall–Kier alpha value is -2.34. The number of carbonyl (C=O) groups excluding carboxylic acids is 1. The maximum Gasteiger partial charge on any atom is 0.166 e. The molecule has 0 amide bonds. The SMILES string of the molecule is COCc1nc(C)cc(N2CCC(C(=O)c3ccc(F)cc3)CC2)n1. The zero-order valence-corrected chi connectivity index (χ0v) is 14.5. The summed E-state index contributed by atoms with van der Waals surface area (Å²) in [5, 5.41) is 0. The molecule has 2 aromatic rings. The van der Waals surface area contributed by atoms with E-state index in [4.69, 9.17) is 4.74 Å². The molecule has 0 N–H and O–H groups in total. The van der Waals surface area contributed by atoms with Crippen molar-refractivity contribution < 1.29 is 13.9 Å². The lowest BCUT2D eigenvalue weighted by Gasteiger charge is -2.32. The number of hydrogen-bond donors (Lipinski definition) is 0. The fourth-order valence-corrected chi connectivity index (χ4v) is 3.19. The van der Waals surface area contributed by atoms with Crippen molar-refractivity contribution in [3.63, 3.8) is 0 Å². The Morgan fingerprint density at radius 3 is 2.56 bits per heavy atom. The normalized spacial score (nSPS) is 15.4. The number of aryl methyl sites for hydroxylation is 1. The number of anilines is 1. The quantitative estimate of drug-likeness (QED) is 0.781. The van der Waals surface area contributed by atoms with Crippen LogP contribution in [0.4, 0.5) is 10.2 Å². The molecule has 3 rings (SSSR count). The summed E-state index contributed by atoms with van der Waals surface area (Å²) in [5.74, 6) is 1.30. The van der Waals surface area contributed by atoms with Crippen molar-refractivity contribution in [3.05, 3.63) is 53.2 Å². The lowest BCUT2D eigenvalue weighted by Crippen LogP contribution is -2.37. The molecule has 1 aliphatic rings. The number of Topliss-reactive ketones (excluding diaryl/α,β-unsaturated/α-hetero) is 1. The van der Waals surface area contributed by atoms with Crippen molar-refractivity contribution in [1.82, 2.24) is 9.97 Å². The number of rotatable bonds is 5. The van der Waals surface area contributed by atoms with Crippen LogP contribution in [0.5, 0.6) is 0 Å². The molecule has 0 saturated carbocycles. The van der Waals surface area contributed by atoms with E-state index in [-0.39, 0.29) is 17.5 Å². The molecule has 1 aliphatic heterocycles. The zero-order valence-electron chi connectivity index (χ0n) is 14.5. The third-order valence-electron chi connectivity index (χ3n) is 4.48. The zero-order chi connectivity index (χ0) is 17.8. The summed E-state index contributed by atoms with van der Waals surface area (Å²) < 4.78 is 18.1. The number of ether oxygens (including phenoxy) is 1. The van der Waals surface area contributed by atoms with Gasteiger partial charge in [0.15, 0.2) is 11.6 Å². The highest BCUT2D eigenvalue weighted by molar-refractivity contribution is 5.97. The molecule has 0 spiro atoms. The molecule has 0 aliphatic carbocycles. The van der Waals surface area contributed by atoms with Crippen molar-refractivity contribution in [2.75, 3.05) is 25.1 Å². The molecule has 1 fully saturated rings. The van der Waals surface area contributed by atoms with Gasteiger partial charge in [0.05, 0.1) is 0 Å². The molecule has 0 unspecified atom stereocenters. The number of ketones is 1. The van der Waals surface area contributed by atoms with Gasteiger partial charge in [-0.05, 0) is 44.0 Å². The van der Waals surface area contributed by atoms with E-state index in [2.05, 4.69) is 14.9 Å². The number of carbonyl (C=O) groups is 1. The Labute approximate surface area is 146 Å². The van der Waals surface area contributed by atoms with Gasteiger partial charge in [-0.3, -0.25) is 4.79 Å². The predicted molar refractivity (Wildman–Crippen MR) is 93.1 cm³/mol. The second-order valence-electron chi connectivity index (χ2n) is 6.35. The number of aromatic nitrogens is 2. The van der Waals surface area contributed by atoms with Crippen LogP contribution in [0.25, 0.3) is 0 Å². The largest absolute Gasteiger partial charge is 0.377 e. The van der Waals surface area contributed by atoms with Crippen LogP contribution in [-0.2, 0) is 11.3 Å². The molecule has 1 aromatic carbocycles. The first-order chi connectivity index (χ1) is 12.1. The van der Waals surface area contributed by atoms with E-state index in [1.165, 1.54) is 12.1 Å². The number of hydrogen-bond acceptors (Lipinski definition) is 5. The number of methoxy groups -OCH3 is 1. The van der Waals surface area contributed by atoms with Crippen LogP contribution >= 0.6 is 0 Å². The van der Waals surface area contributed by atoms with Crippen molar-refractivity contribution in [2.24, 2.45) is 5.92 Å². The molecule has 0 radical (unpaired) electrons. The van der Waals surface area contributed by atoms with Crippen molar-refractivity contribution in [1.29, 1.82) is 0 Å². The minimum atomic E-state index is -0.322. The van der Waals surface area contributed by atoms with Crippen LogP contribution in [0.3, 0.4) is 0 Å². The maximum absolute atomic E-state index is 13.0. The standard InChI is InChI=1S/C19H22FN3O2/c1-13-11-18(22-17(21-13)12-25-2)23-9-7-15(8-10-23)19(24)14-3-5-16(20)6-4-14/h3-6,11,15H,7-10,12H2,1-2H3. The summed E-state index contributed by atoms with van der Waals surface area (Å²) in [7, 11) is 1.62. The van der Waals surface area contributed by atoms with Gasteiger partial charge in [0.25, 0.3) is 0 Å². The Kier molecular flexibility index (Phi) is 5.38. The summed E-state index contributed by atoms with van der Waals surface area (Å²) in [6, 6.07) is 7.76. The highest BCUT2D eigenvalue weighted by atomic mass is 19.1. The second-order valence-corrected chi connectivity index (χ2v) is 6.35. The predicted octanol–water partition coefficient (Wildman–Crippen LogP) is 3.17. The average molecular weight is 343 g/mol. The van der Waals surface area contributed by atoms with Gasteiger partial charge >= 0.3 is 0 Å². The van der Waals surface area contributed by atoms with E-state index in [0.717, 1.165) is 37.4 Å². The average Bonchev–Trinajstić information content (AvgIpc) is 2.62. The van der Waals surface area contributed by atoms with Crippen LogP contribution < -0.4 is 4.90 Å². The lowest BCUT2D eigenvalue weighted by molar-refractivity contribution is 0.0900. The summed E-state index contributed by atoms with van der Waals surface area (Å²) in [6.45, 7) is 3.85. The molecule has 132 valence electrons. The molecule has 0 atom stereocenters. The first kappa shape index (κ1) is 17.5. The fraction of sp³-hybridized carbons (Fsp3) is 0.421. The van der Waals surface area contributed by atoms with Gasteiger partial charge in [0.2, 0.25) is 0 Å². The number of piperidine rings is 1. The van der Waals surface area contributed by atoms with Crippen molar-refractivity contribution >= 4 is 11.6 Å². The van der Waals surface area contributed by atoms with Gasteiger partial charge in [0.1, 0.15) is 18.2 Å².